The van der Waals surface area contributed by atoms with Crippen molar-refractivity contribution in [3.05, 3.63) is 147 Å². The summed E-state index contributed by atoms with van der Waals surface area (Å²) in [5.74, 6) is -1.22. The summed E-state index contributed by atoms with van der Waals surface area (Å²) in [5.41, 5.74) is 1.44. The number of hydrogen-bond donors (Lipinski definition) is 1. The van der Waals surface area contributed by atoms with Crippen LogP contribution in [0.15, 0.2) is 119 Å². The fraction of sp³-hybridized carbons (Fsp3) is 0.143. The Balaban J connectivity index is 1.51. The molecule has 0 bridgehead atoms. The number of unbranched alkanes of at least 4 members (excludes halogenated alkanes) is 1. The maximum Gasteiger partial charge on any atom is 0.367 e. The molecule has 0 unspecified atom stereocenters. The molecule has 2 amide bonds. The van der Waals surface area contributed by atoms with E-state index in [1.54, 1.807) is 60.7 Å². The SMILES string of the molecule is CCCCc1nn(N(Cl)C(=O)/C=C/c2ccccc2)c(=O)n1Cc1ccc(-c2ccccc2)c(S(=O)(=O)NC(=O)c2ccccc2Cl)c1. The molecule has 0 aliphatic carbocycles. The van der Waals surface area contributed by atoms with Crippen molar-refractivity contribution in [3.8, 4) is 11.1 Å². The minimum absolute atomic E-state index is 0.00141. The van der Waals surface area contributed by atoms with E-state index in [4.69, 9.17) is 23.4 Å². The molecule has 0 fully saturated rings. The Bertz CT molecular complexity index is 2130. The Labute approximate surface area is 288 Å². The Morgan fingerprint density at radius 2 is 1.60 bits per heavy atom. The molecule has 0 radical (unpaired) electrons. The summed E-state index contributed by atoms with van der Waals surface area (Å²) in [4.78, 5) is 40.2. The second kappa shape index (κ2) is 15.3. The van der Waals surface area contributed by atoms with Crippen LogP contribution >= 0.6 is 23.4 Å². The van der Waals surface area contributed by atoms with Gasteiger partial charge < -0.3 is 0 Å². The number of hydrogen-bond acceptors (Lipinski definition) is 6. The van der Waals surface area contributed by atoms with E-state index in [0.29, 0.717) is 39.9 Å². The molecule has 246 valence electrons. The molecule has 0 saturated heterocycles. The molecule has 10 nitrogen and oxygen atoms in total. The van der Waals surface area contributed by atoms with Crippen molar-refractivity contribution in [2.75, 3.05) is 4.53 Å². The van der Waals surface area contributed by atoms with E-state index < -0.39 is 27.5 Å². The molecule has 1 aromatic heterocycles. The fourth-order valence-electron chi connectivity index (χ4n) is 4.91. The third-order valence-electron chi connectivity index (χ3n) is 7.35. The molecule has 5 aromatic rings. The number of aryl methyl sites for hydroxylation is 1. The Kier molecular flexibility index (Phi) is 10.9. The van der Waals surface area contributed by atoms with Gasteiger partial charge in [0.05, 0.1) is 22.0 Å². The van der Waals surface area contributed by atoms with Crippen LogP contribution in [0.2, 0.25) is 5.02 Å². The first-order valence-electron chi connectivity index (χ1n) is 15.0. The molecule has 0 saturated carbocycles. The van der Waals surface area contributed by atoms with E-state index in [9.17, 15) is 22.8 Å². The number of carbonyl (C=O) groups is 2. The van der Waals surface area contributed by atoms with Gasteiger partial charge >= 0.3 is 5.69 Å². The lowest BCUT2D eigenvalue weighted by Crippen LogP contribution is -2.40. The van der Waals surface area contributed by atoms with Crippen molar-refractivity contribution in [1.29, 1.82) is 0 Å². The Morgan fingerprint density at radius 1 is 0.938 bits per heavy atom. The summed E-state index contributed by atoms with van der Waals surface area (Å²) < 4.78 is 31.7. The van der Waals surface area contributed by atoms with E-state index in [1.165, 1.54) is 28.8 Å². The largest absolute Gasteiger partial charge is 0.367 e. The third kappa shape index (κ3) is 7.93. The van der Waals surface area contributed by atoms with Gasteiger partial charge in [0.2, 0.25) is 0 Å². The predicted molar refractivity (Wildman–Crippen MR) is 187 cm³/mol. The molecule has 0 atom stereocenters. The predicted octanol–water partition coefficient (Wildman–Crippen LogP) is 6.21. The average Bonchev–Trinajstić information content (AvgIpc) is 3.40. The van der Waals surface area contributed by atoms with Gasteiger partial charge in [-0.1, -0.05) is 115 Å². The maximum atomic E-state index is 13.8. The highest BCUT2D eigenvalue weighted by Gasteiger charge is 2.26. The lowest BCUT2D eigenvalue weighted by Gasteiger charge is -2.15. The van der Waals surface area contributed by atoms with Gasteiger partial charge in [0, 0.05) is 29.8 Å². The summed E-state index contributed by atoms with van der Waals surface area (Å²) in [5, 5.41) is 4.45. The molecule has 0 spiro atoms. The summed E-state index contributed by atoms with van der Waals surface area (Å²) in [7, 11) is -4.45. The molecule has 13 heteroatoms. The zero-order valence-corrected chi connectivity index (χ0v) is 28.1. The van der Waals surface area contributed by atoms with Gasteiger partial charge in [0.25, 0.3) is 21.8 Å². The Morgan fingerprint density at radius 3 is 2.29 bits per heavy atom. The van der Waals surface area contributed by atoms with Gasteiger partial charge in [0.1, 0.15) is 5.82 Å². The highest BCUT2D eigenvalue weighted by Crippen LogP contribution is 2.29. The van der Waals surface area contributed by atoms with Gasteiger partial charge in [0.15, 0.2) is 0 Å². The number of sulfonamides is 1. The molecule has 5 rings (SSSR count). The number of nitrogens with one attached hydrogen (secondary N) is 1. The van der Waals surface area contributed by atoms with Gasteiger partial charge in [-0.05, 0) is 47.4 Å². The van der Waals surface area contributed by atoms with Crippen LogP contribution in [0, 0.1) is 0 Å². The van der Waals surface area contributed by atoms with Crippen LogP contribution in [0.25, 0.3) is 17.2 Å². The van der Waals surface area contributed by atoms with E-state index in [0.717, 1.165) is 16.8 Å². The van der Waals surface area contributed by atoms with E-state index in [1.807, 2.05) is 37.3 Å². The average molecular weight is 705 g/mol. The molecular formula is C35H31Cl2N5O5S. The number of aromatic nitrogens is 3. The normalized spacial score (nSPS) is 11.5. The van der Waals surface area contributed by atoms with Crippen LogP contribution in [-0.2, 0) is 27.8 Å². The van der Waals surface area contributed by atoms with Crippen LogP contribution in [0.3, 0.4) is 0 Å². The van der Waals surface area contributed by atoms with Gasteiger partial charge in [-0.2, -0.15) is 0 Å². The number of nitrogens with zero attached hydrogens (tertiary/aromatic N) is 4. The van der Waals surface area contributed by atoms with Crippen LogP contribution in [0.4, 0.5) is 0 Å². The van der Waals surface area contributed by atoms with Crippen molar-refractivity contribution >= 4 is 51.3 Å². The highest BCUT2D eigenvalue weighted by molar-refractivity contribution is 7.90. The zero-order chi connectivity index (χ0) is 34.3. The summed E-state index contributed by atoms with van der Waals surface area (Å²) in [6, 6.07) is 28.8. The minimum Gasteiger partial charge on any atom is -0.273 e. The summed E-state index contributed by atoms with van der Waals surface area (Å²) in [6.07, 6.45) is 4.71. The van der Waals surface area contributed by atoms with E-state index in [2.05, 4.69) is 9.82 Å². The fourth-order valence-corrected chi connectivity index (χ4v) is 6.53. The summed E-state index contributed by atoms with van der Waals surface area (Å²) in [6.45, 7) is 1.90. The number of benzene rings is 4. The van der Waals surface area contributed by atoms with E-state index in [-0.39, 0.29) is 22.0 Å². The van der Waals surface area contributed by atoms with Crippen LogP contribution < -0.4 is 14.9 Å². The first-order valence-corrected chi connectivity index (χ1v) is 17.2. The van der Waals surface area contributed by atoms with Crippen LogP contribution in [0.1, 0.15) is 47.1 Å². The van der Waals surface area contributed by atoms with Crippen molar-refractivity contribution in [3.63, 3.8) is 0 Å². The number of amides is 2. The third-order valence-corrected chi connectivity index (χ3v) is 9.36. The van der Waals surface area contributed by atoms with Crippen LogP contribution in [0.5, 0.6) is 0 Å². The molecular weight excluding hydrogens is 673 g/mol. The molecule has 0 aliphatic rings. The molecule has 4 aromatic carbocycles. The smallest absolute Gasteiger partial charge is 0.273 e. The topological polar surface area (TPSA) is 123 Å². The molecule has 1 heterocycles. The Hall–Kier alpha value is -4.97. The van der Waals surface area contributed by atoms with Gasteiger partial charge in [-0.25, -0.2) is 17.9 Å². The monoisotopic (exact) mass is 703 g/mol. The number of rotatable bonds is 12. The van der Waals surface area contributed by atoms with Crippen molar-refractivity contribution in [1.82, 2.24) is 19.2 Å². The first kappa shape index (κ1) is 34.4. The highest BCUT2D eigenvalue weighted by atomic mass is 35.5. The number of carbonyl (C=O) groups excluding carboxylic acids is 2. The standard InChI is InChI=1S/C35H31Cl2N5O5S/c1-2-3-18-32-38-42(41(37)33(43)22-20-25-12-6-4-7-13-25)35(45)40(32)24-26-19-21-28(27-14-8-5-9-15-27)31(23-26)48(46,47)39-34(44)29-16-10-11-17-30(29)36/h4-17,19-23H,2-3,18,24H2,1H3,(H,39,44)/b22-20+. The quantitative estimate of drug-likeness (QED) is 0.122. The second-order valence-electron chi connectivity index (χ2n) is 10.7. The van der Waals surface area contributed by atoms with E-state index >= 15 is 0 Å². The minimum atomic E-state index is -4.45. The van der Waals surface area contributed by atoms with Crippen LogP contribution in [-0.4, -0.2) is 34.7 Å². The molecule has 1 N–H and O–H groups in total. The summed E-state index contributed by atoms with van der Waals surface area (Å²) >= 11 is 12.5. The van der Waals surface area contributed by atoms with Crippen molar-refractivity contribution in [2.45, 2.75) is 37.6 Å². The number of halogens is 2. The second-order valence-corrected chi connectivity index (χ2v) is 13.1. The molecule has 0 aliphatic heterocycles. The zero-order valence-electron chi connectivity index (χ0n) is 25.8. The maximum absolute atomic E-state index is 13.8. The first-order chi connectivity index (χ1) is 23.1. The van der Waals surface area contributed by atoms with Crippen molar-refractivity contribution in [2.24, 2.45) is 0 Å². The van der Waals surface area contributed by atoms with Gasteiger partial charge in [-0.15, -0.1) is 9.63 Å². The van der Waals surface area contributed by atoms with Crippen molar-refractivity contribution < 1.29 is 18.0 Å². The van der Waals surface area contributed by atoms with Gasteiger partial charge in [-0.3, -0.25) is 14.2 Å². The molecule has 48 heavy (non-hydrogen) atoms. The lowest BCUT2D eigenvalue weighted by atomic mass is 10.0. The lowest BCUT2D eigenvalue weighted by molar-refractivity contribution is -0.114.